The number of ketones is 2. The maximum atomic E-state index is 12.6. The number of halogens is 2. The molecular formula is C22H14Cl2O4. The van der Waals surface area contributed by atoms with Crippen LogP contribution in [0.5, 0.6) is 0 Å². The number of carbonyl (C=O) groups excluding carboxylic acids is 3. The largest absolute Gasteiger partial charge is 0.465 e. The van der Waals surface area contributed by atoms with E-state index in [0.29, 0.717) is 32.8 Å². The predicted octanol–water partition coefficient (Wildman–Crippen LogP) is 5.24. The summed E-state index contributed by atoms with van der Waals surface area (Å²) in [5, 5.41) is 0.712. The molecule has 0 aromatic heterocycles. The average Bonchev–Trinajstić information content (AvgIpc) is 2.72. The third-order valence-electron chi connectivity index (χ3n) is 4.15. The highest BCUT2D eigenvalue weighted by Crippen LogP contribution is 2.24. The Kier molecular flexibility index (Phi) is 5.93. The van der Waals surface area contributed by atoms with Crippen LogP contribution in [-0.2, 0) is 4.74 Å². The smallest absolute Gasteiger partial charge is 0.337 e. The van der Waals surface area contributed by atoms with Gasteiger partial charge in [-0.05, 0) is 30.3 Å². The van der Waals surface area contributed by atoms with E-state index in [-0.39, 0.29) is 16.6 Å². The standard InChI is InChI=1S/C22H14Cl2O4/c1-28-22(27)16-8-6-14(7-9-16)20(25)13-2-4-15(5-3-13)21(26)18-11-10-17(23)12-19(18)24/h2-12H,1H3. The van der Waals surface area contributed by atoms with E-state index in [9.17, 15) is 14.4 Å². The van der Waals surface area contributed by atoms with Crippen LogP contribution < -0.4 is 0 Å². The molecular weight excluding hydrogens is 399 g/mol. The number of hydrogen-bond acceptors (Lipinski definition) is 4. The first-order valence-corrected chi connectivity index (χ1v) is 8.99. The average molecular weight is 413 g/mol. The fourth-order valence-electron chi connectivity index (χ4n) is 2.64. The molecule has 0 atom stereocenters. The van der Waals surface area contributed by atoms with Crippen molar-refractivity contribution < 1.29 is 19.1 Å². The minimum atomic E-state index is -0.470. The molecule has 3 rings (SSSR count). The van der Waals surface area contributed by atoms with Crippen molar-refractivity contribution in [1.29, 1.82) is 0 Å². The molecule has 3 aromatic rings. The number of carbonyl (C=O) groups is 3. The Morgan fingerprint density at radius 1 is 0.679 bits per heavy atom. The summed E-state index contributed by atoms with van der Waals surface area (Å²) in [4.78, 5) is 36.7. The summed E-state index contributed by atoms with van der Waals surface area (Å²) in [5.74, 6) is -0.953. The van der Waals surface area contributed by atoms with Crippen LogP contribution >= 0.6 is 23.2 Å². The molecule has 3 aromatic carbocycles. The Morgan fingerprint density at radius 3 is 1.61 bits per heavy atom. The Bertz CT molecular complexity index is 1050. The number of esters is 1. The highest BCUT2D eigenvalue weighted by atomic mass is 35.5. The summed E-state index contributed by atoms with van der Waals surface area (Å²) < 4.78 is 4.64. The van der Waals surface area contributed by atoms with E-state index in [2.05, 4.69) is 4.74 Å². The SMILES string of the molecule is COC(=O)c1ccc(C(=O)c2ccc(C(=O)c3ccc(Cl)cc3Cl)cc2)cc1. The van der Waals surface area contributed by atoms with Crippen molar-refractivity contribution in [2.75, 3.05) is 7.11 Å². The Morgan fingerprint density at radius 2 is 1.14 bits per heavy atom. The molecule has 0 aliphatic heterocycles. The Labute approximate surface area is 171 Å². The third-order valence-corrected chi connectivity index (χ3v) is 4.70. The molecule has 4 nitrogen and oxygen atoms in total. The quantitative estimate of drug-likeness (QED) is 0.424. The second kappa shape index (κ2) is 8.38. The van der Waals surface area contributed by atoms with Crippen molar-refractivity contribution in [2.45, 2.75) is 0 Å². The zero-order chi connectivity index (χ0) is 20.3. The lowest BCUT2D eigenvalue weighted by Gasteiger charge is -2.06. The summed E-state index contributed by atoms with van der Waals surface area (Å²) in [6.07, 6.45) is 0. The van der Waals surface area contributed by atoms with Crippen LogP contribution in [0.15, 0.2) is 66.7 Å². The second-order valence-corrected chi connectivity index (χ2v) is 6.77. The fourth-order valence-corrected chi connectivity index (χ4v) is 3.14. The van der Waals surface area contributed by atoms with Gasteiger partial charge in [-0.2, -0.15) is 0 Å². The van der Waals surface area contributed by atoms with Crippen LogP contribution in [-0.4, -0.2) is 24.6 Å². The highest BCUT2D eigenvalue weighted by Gasteiger charge is 2.15. The van der Waals surface area contributed by atoms with Crippen LogP contribution in [0, 0.1) is 0 Å². The van der Waals surface area contributed by atoms with Gasteiger partial charge in [-0.1, -0.05) is 59.6 Å². The highest BCUT2D eigenvalue weighted by molar-refractivity contribution is 6.37. The summed E-state index contributed by atoms with van der Waals surface area (Å²) >= 11 is 11.9. The van der Waals surface area contributed by atoms with Gasteiger partial charge in [-0.15, -0.1) is 0 Å². The van der Waals surface area contributed by atoms with Crippen LogP contribution in [0.4, 0.5) is 0 Å². The predicted molar refractivity (Wildman–Crippen MR) is 108 cm³/mol. The van der Waals surface area contributed by atoms with E-state index in [0.717, 1.165) is 0 Å². The first-order valence-electron chi connectivity index (χ1n) is 8.23. The minimum Gasteiger partial charge on any atom is -0.465 e. The van der Waals surface area contributed by atoms with Crippen molar-refractivity contribution in [2.24, 2.45) is 0 Å². The van der Waals surface area contributed by atoms with Crippen molar-refractivity contribution in [3.05, 3.63) is 105 Å². The summed E-state index contributed by atoms with van der Waals surface area (Å²) in [6, 6.07) is 17.1. The Balaban J connectivity index is 1.81. The lowest BCUT2D eigenvalue weighted by Crippen LogP contribution is -2.06. The topological polar surface area (TPSA) is 60.4 Å². The maximum absolute atomic E-state index is 12.6. The van der Waals surface area contributed by atoms with Gasteiger partial charge in [0.1, 0.15) is 0 Å². The summed E-state index contributed by atoms with van der Waals surface area (Å²) in [6.45, 7) is 0. The first-order chi connectivity index (χ1) is 13.4. The molecule has 0 N–H and O–H groups in total. The van der Waals surface area contributed by atoms with Crippen LogP contribution in [0.3, 0.4) is 0 Å². The molecule has 0 heterocycles. The number of methoxy groups -OCH3 is 1. The molecule has 6 heteroatoms. The molecule has 0 bridgehead atoms. The molecule has 0 spiro atoms. The molecule has 0 aliphatic rings. The molecule has 140 valence electrons. The van der Waals surface area contributed by atoms with Gasteiger partial charge < -0.3 is 4.74 Å². The van der Waals surface area contributed by atoms with E-state index in [1.54, 1.807) is 48.5 Å². The molecule has 0 saturated carbocycles. The molecule has 0 fully saturated rings. The van der Waals surface area contributed by atoms with Crippen molar-refractivity contribution in [3.8, 4) is 0 Å². The molecule has 0 amide bonds. The van der Waals surface area contributed by atoms with Gasteiger partial charge in [0.05, 0.1) is 17.7 Å². The van der Waals surface area contributed by atoms with Gasteiger partial charge in [-0.3, -0.25) is 9.59 Å². The van der Waals surface area contributed by atoms with Gasteiger partial charge in [0.25, 0.3) is 0 Å². The number of hydrogen-bond donors (Lipinski definition) is 0. The van der Waals surface area contributed by atoms with Crippen LogP contribution in [0.1, 0.15) is 42.2 Å². The normalized spacial score (nSPS) is 10.4. The van der Waals surface area contributed by atoms with Crippen molar-refractivity contribution >= 4 is 40.7 Å². The van der Waals surface area contributed by atoms with Gasteiger partial charge in [0, 0.05) is 27.3 Å². The van der Waals surface area contributed by atoms with Crippen molar-refractivity contribution in [1.82, 2.24) is 0 Å². The molecule has 0 radical (unpaired) electrons. The molecule has 0 unspecified atom stereocenters. The van der Waals surface area contributed by atoms with Crippen LogP contribution in [0.25, 0.3) is 0 Å². The second-order valence-electron chi connectivity index (χ2n) is 5.93. The molecule has 0 saturated heterocycles. The van der Waals surface area contributed by atoms with Gasteiger partial charge in [0.2, 0.25) is 0 Å². The van der Waals surface area contributed by atoms with E-state index in [4.69, 9.17) is 23.2 Å². The molecule has 28 heavy (non-hydrogen) atoms. The van der Waals surface area contributed by atoms with Crippen LogP contribution in [0.2, 0.25) is 10.0 Å². The number of benzene rings is 3. The van der Waals surface area contributed by atoms with Crippen molar-refractivity contribution in [3.63, 3.8) is 0 Å². The Hall–Kier alpha value is -2.95. The monoisotopic (exact) mass is 412 g/mol. The van der Waals surface area contributed by atoms with E-state index in [1.165, 1.54) is 25.3 Å². The number of rotatable bonds is 5. The number of ether oxygens (including phenoxy) is 1. The van der Waals surface area contributed by atoms with Gasteiger partial charge in [-0.25, -0.2) is 4.79 Å². The summed E-state index contributed by atoms with van der Waals surface area (Å²) in [7, 11) is 1.29. The van der Waals surface area contributed by atoms with Gasteiger partial charge >= 0.3 is 5.97 Å². The zero-order valence-corrected chi connectivity index (χ0v) is 16.3. The fraction of sp³-hybridized carbons (Fsp3) is 0.0455. The molecule has 0 aliphatic carbocycles. The maximum Gasteiger partial charge on any atom is 0.337 e. The first kappa shape index (κ1) is 19.8. The van der Waals surface area contributed by atoms with E-state index >= 15 is 0 Å². The van der Waals surface area contributed by atoms with E-state index in [1.807, 2.05) is 0 Å². The minimum absolute atomic E-state index is 0.222. The summed E-state index contributed by atoms with van der Waals surface area (Å²) in [5.41, 5.74) is 1.95. The van der Waals surface area contributed by atoms with Gasteiger partial charge in [0.15, 0.2) is 11.6 Å². The lowest BCUT2D eigenvalue weighted by molar-refractivity contribution is 0.0600. The zero-order valence-electron chi connectivity index (χ0n) is 14.7. The van der Waals surface area contributed by atoms with E-state index < -0.39 is 5.97 Å². The third kappa shape index (κ3) is 4.14. The lowest BCUT2D eigenvalue weighted by atomic mass is 9.98.